The topological polar surface area (TPSA) is 29.1 Å². The Hall–Kier alpha value is -1.35. The van der Waals surface area contributed by atoms with E-state index in [9.17, 15) is 9.18 Å². The van der Waals surface area contributed by atoms with Gasteiger partial charge < -0.3 is 5.32 Å². The van der Waals surface area contributed by atoms with Gasteiger partial charge in [0, 0.05) is 12.1 Å². The van der Waals surface area contributed by atoms with Crippen molar-refractivity contribution in [1.29, 1.82) is 0 Å². The Morgan fingerprint density at radius 3 is 2.88 bits per heavy atom. The first-order valence-electron chi connectivity index (χ1n) is 5.46. The van der Waals surface area contributed by atoms with Gasteiger partial charge in [-0.05, 0) is 37.1 Å². The minimum Gasteiger partial charge on any atom is -0.350 e. The third-order valence-electron chi connectivity index (χ3n) is 2.37. The van der Waals surface area contributed by atoms with E-state index in [4.69, 9.17) is 11.6 Å². The molecule has 1 rings (SSSR count). The van der Waals surface area contributed by atoms with Crippen molar-refractivity contribution in [3.63, 3.8) is 0 Å². The number of rotatable bonds is 4. The van der Waals surface area contributed by atoms with Gasteiger partial charge >= 0.3 is 0 Å². The van der Waals surface area contributed by atoms with E-state index in [1.54, 1.807) is 12.1 Å². The highest BCUT2D eigenvalue weighted by Crippen LogP contribution is 2.16. The van der Waals surface area contributed by atoms with Gasteiger partial charge in [-0.2, -0.15) is 0 Å². The zero-order valence-corrected chi connectivity index (χ0v) is 10.6. The van der Waals surface area contributed by atoms with Crippen LogP contribution in [0.25, 0.3) is 6.08 Å². The lowest BCUT2D eigenvalue weighted by Crippen LogP contribution is -2.30. The molecule has 0 unspecified atom stereocenters. The Bertz CT molecular complexity index is 431. The highest BCUT2D eigenvalue weighted by molar-refractivity contribution is 6.30. The molecule has 2 nitrogen and oxygen atoms in total. The van der Waals surface area contributed by atoms with Gasteiger partial charge in [-0.25, -0.2) is 4.39 Å². The van der Waals surface area contributed by atoms with Crippen LogP contribution < -0.4 is 5.32 Å². The van der Waals surface area contributed by atoms with Crippen molar-refractivity contribution >= 4 is 23.6 Å². The molecule has 0 radical (unpaired) electrons. The second-order valence-corrected chi connectivity index (χ2v) is 4.23. The van der Waals surface area contributed by atoms with Gasteiger partial charge in [-0.1, -0.05) is 24.6 Å². The second-order valence-electron chi connectivity index (χ2n) is 3.82. The van der Waals surface area contributed by atoms with E-state index >= 15 is 0 Å². The Balaban J connectivity index is 2.64. The number of carbonyl (C=O) groups is 1. The van der Waals surface area contributed by atoms with E-state index in [1.165, 1.54) is 18.2 Å². The molecular weight excluding hydrogens is 241 g/mol. The van der Waals surface area contributed by atoms with E-state index < -0.39 is 5.82 Å². The highest BCUT2D eigenvalue weighted by atomic mass is 35.5. The quantitative estimate of drug-likeness (QED) is 0.821. The summed E-state index contributed by atoms with van der Waals surface area (Å²) in [4.78, 5) is 11.4. The number of nitrogens with one attached hydrogen (secondary N) is 1. The molecule has 0 spiro atoms. The van der Waals surface area contributed by atoms with E-state index in [2.05, 4.69) is 5.32 Å². The molecule has 0 aromatic heterocycles. The number of amides is 1. The highest BCUT2D eigenvalue weighted by Gasteiger charge is 2.02. The molecule has 1 aromatic rings. The monoisotopic (exact) mass is 255 g/mol. The minimum atomic E-state index is -0.465. The lowest BCUT2D eigenvalue weighted by atomic mass is 10.2. The zero-order valence-electron chi connectivity index (χ0n) is 9.84. The van der Waals surface area contributed by atoms with Crippen molar-refractivity contribution in [2.45, 2.75) is 26.3 Å². The summed E-state index contributed by atoms with van der Waals surface area (Å²) in [5.41, 5.74) is 0.690. The molecule has 4 heteroatoms. The average Bonchev–Trinajstić information content (AvgIpc) is 2.30. The fourth-order valence-electron chi connectivity index (χ4n) is 1.18. The summed E-state index contributed by atoms with van der Waals surface area (Å²) in [6, 6.07) is 4.45. The summed E-state index contributed by atoms with van der Waals surface area (Å²) in [6.07, 6.45) is 3.89. The van der Waals surface area contributed by atoms with Crippen molar-refractivity contribution in [1.82, 2.24) is 5.32 Å². The van der Waals surface area contributed by atoms with E-state index in [0.717, 1.165) is 6.42 Å². The molecule has 0 saturated carbocycles. The van der Waals surface area contributed by atoms with Gasteiger partial charge in [-0.15, -0.1) is 0 Å². The van der Waals surface area contributed by atoms with Crippen LogP contribution in [0.1, 0.15) is 25.8 Å². The Labute approximate surface area is 105 Å². The molecule has 0 saturated heterocycles. The van der Waals surface area contributed by atoms with Crippen LogP contribution in [0.2, 0.25) is 5.02 Å². The third-order valence-corrected chi connectivity index (χ3v) is 2.66. The Morgan fingerprint density at radius 2 is 2.29 bits per heavy atom. The predicted octanol–water partition coefficient (Wildman–Crippen LogP) is 3.41. The van der Waals surface area contributed by atoms with Crippen LogP contribution in [0.3, 0.4) is 0 Å². The maximum Gasteiger partial charge on any atom is 0.244 e. The molecule has 0 fully saturated rings. The van der Waals surface area contributed by atoms with Crippen LogP contribution in [-0.4, -0.2) is 11.9 Å². The number of benzene rings is 1. The van der Waals surface area contributed by atoms with Crippen molar-refractivity contribution in [3.8, 4) is 0 Å². The van der Waals surface area contributed by atoms with Gasteiger partial charge in [0.2, 0.25) is 5.91 Å². The smallest absolute Gasteiger partial charge is 0.244 e. The standard InChI is InChI=1S/C13H15ClFNO/c1-3-9(2)16-13(17)7-5-10-4-6-12(15)11(14)8-10/h4-9H,3H2,1-2H3,(H,16,17)/b7-5-/t9-/m0/s1. The maximum absolute atomic E-state index is 12.9. The predicted molar refractivity (Wildman–Crippen MR) is 68.3 cm³/mol. The summed E-state index contributed by atoms with van der Waals surface area (Å²) in [7, 11) is 0. The zero-order chi connectivity index (χ0) is 12.8. The second kappa shape index (κ2) is 6.40. The molecule has 17 heavy (non-hydrogen) atoms. The van der Waals surface area contributed by atoms with Gasteiger partial charge in [0.25, 0.3) is 0 Å². The molecule has 1 atom stereocenters. The number of halogens is 2. The Kier molecular flexibility index (Phi) is 5.16. The van der Waals surface area contributed by atoms with E-state index in [-0.39, 0.29) is 17.0 Å². The normalized spacial score (nSPS) is 12.7. The fraction of sp³-hybridized carbons (Fsp3) is 0.308. The summed E-state index contributed by atoms with van der Waals surface area (Å²) >= 11 is 5.63. The number of hydrogen-bond acceptors (Lipinski definition) is 1. The van der Waals surface area contributed by atoms with E-state index in [1.807, 2.05) is 13.8 Å². The van der Waals surface area contributed by atoms with Crippen LogP contribution in [0.15, 0.2) is 24.3 Å². The first kappa shape index (κ1) is 13.7. The van der Waals surface area contributed by atoms with Crippen LogP contribution in [0.4, 0.5) is 4.39 Å². The molecule has 0 aliphatic rings. The third kappa shape index (κ3) is 4.57. The minimum absolute atomic E-state index is 0.0504. The van der Waals surface area contributed by atoms with Crippen molar-refractivity contribution in [2.75, 3.05) is 0 Å². The molecule has 92 valence electrons. The maximum atomic E-state index is 12.9. The van der Waals surface area contributed by atoms with Crippen molar-refractivity contribution in [3.05, 3.63) is 40.7 Å². The van der Waals surface area contributed by atoms with Gasteiger partial charge in [0.05, 0.1) is 5.02 Å². The van der Waals surface area contributed by atoms with Gasteiger partial charge in [0.15, 0.2) is 0 Å². The molecule has 1 aromatic carbocycles. The number of carbonyl (C=O) groups excluding carboxylic acids is 1. The first-order chi connectivity index (χ1) is 8.02. The molecule has 0 aliphatic heterocycles. The molecule has 1 amide bonds. The summed E-state index contributed by atoms with van der Waals surface area (Å²) in [5, 5.41) is 2.84. The van der Waals surface area contributed by atoms with Crippen LogP contribution >= 0.6 is 11.6 Å². The fourth-order valence-corrected chi connectivity index (χ4v) is 1.37. The Morgan fingerprint density at radius 1 is 1.59 bits per heavy atom. The van der Waals surface area contributed by atoms with Crippen molar-refractivity contribution < 1.29 is 9.18 Å². The summed E-state index contributed by atoms with van der Waals surface area (Å²) < 4.78 is 12.9. The molecule has 0 aliphatic carbocycles. The lowest BCUT2D eigenvalue weighted by molar-refractivity contribution is -0.117. The number of hydrogen-bond donors (Lipinski definition) is 1. The SMILES string of the molecule is CC[C@H](C)NC(=O)/C=C\c1ccc(F)c(Cl)c1. The summed E-state index contributed by atoms with van der Waals surface area (Å²) in [5.74, 6) is -0.632. The summed E-state index contributed by atoms with van der Waals surface area (Å²) in [6.45, 7) is 3.93. The van der Waals surface area contributed by atoms with E-state index in [0.29, 0.717) is 5.56 Å². The molecule has 1 N–H and O–H groups in total. The van der Waals surface area contributed by atoms with Crippen LogP contribution in [-0.2, 0) is 4.79 Å². The van der Waals surface area contributed by atoms with Crippen LogP contribution in [0, 0.1) is 5.82 Å². The largest absolute Gasteiger partial charge is 0.350 e. The first-order valence-corrected chi connectivity index (χ1v) is 5.84. The molecular formula is C13H15ClFNO. The molecule has 0 bridgehead atoms. The van der Waals surface area contributed by atoms with Gasteiger partial charge in [-0.3, -0.25) is 4.79 Å². The van der Waals surface area contributed by atoms with Crippen LogP contribution in [0.5, 0.6) is 0 Å². The molecule has 0 heterocycles. The average molecular weight is 256 g/mol. The lowest BCUT2D eigenvalue weighted by Gasteiger charge is -2.08. The van der Waals surface area contributed by atoms with Crippen molar-refractivity contribution in [2.24, 2.45) is 0 Å². The van der Waals surface area contributed by atoms with Gasteiger partial charge in [0.1, 0.15) is 5.82 Å².